The van der Waals surface area contributed by atoms with Crippen LogP contribution in [0.1, 0.15) is 77.6 Å². The Bertz CT molecular complexity index is 221. The molecule has 0 aliphatic carbocycles. The first-order valence-corrected chi connectivity index (χ1v) is 7.48. The summed E-state index contributed by atoms with van der Waals surface area (Å²) in [6.45, 7) is 5.79. The number of allylic oxidation sites excluding steroid dienone is 1. The summed E-state index contributed by atoms with van der Waals surface area (Å²) in [5.74, 6) is 0.221. The van der Waals surface area contributed by atoms with E-state index in [1.165, 1.54) is 51.4 Å². The number of hydrogen-bond donors (Lipinski definition) is 1. The minimum Gasteiger partial charge on any atom is -0.396 e. The topological polar surface area (TPSA) is 37.3 Å². The molecular formula is C16H30O2. The predicted molar refractivity (Wildman–Crippen MR) is 77.7 cm³/mol. The van der Waals surface area contributed by atoms with Crippen molar-refractivity contribution in [1.29, 1.82) is 0 Å². The molecule has 0 rings (SSSR count). The second-order valence-corrected chi connectivity index (χ2v) is 5.21. The van der Waals surface area contributed by atoms with E-state index in [2.05, 4.69) is 6.58 Å². The molecule has 0 atom stereocenters. The highest BCUT2D eigenvalue weighted by molar-refractivity contribution is 5.93. The number of carbonyl (C=O) groups is 1. The maximum atomic E-state index is 11.3. The Hall–Kier alpha value is -0.630. The first-order valence-electron chi connectivity index (χ1n) is 7.48. The zero-order valence-electron chi connectivity index (χ0n) is 12.0. The molecule has 0 aromatic heterocycles. The molecule has 0 unspecified atom stereocenters. The van der Waals surface area contributed by atoms with Crippen molar-refractivity contribution in [2.75, 3.05) is 6.61 Å². The van der Waals surface area contributed by atoms with Crippen molar-refractivity contribution in [2.24, 2.45) is 0 Å². The normalized spacial score (nSPS) is 10.6. The highest BCUT2D eigenvalue weighted by Gasteiger charge is 2.01. The van der Waals surface area contributed by atoms with E-state index in [0.717, 1.165) is 12.8 Å². The highest BCUT2D eigenvalue weighted by Crippen LogP contribution is 2.12. The zero-order valence-corrected chi connectivity index (χ0v) is 12.0. The van der Waals surface area contributed by atoms with Gasteiger partial charge in [-0.25, -0.2) is 0 Å². The van der Waals surface area contributed by atoms with Crippen LogP contribution < -0.4 is 0 Å². The molecule has 0 spiro atoms. The van der Waals surface area contributed by atoms with Crippen LogP contribution in [-0.4, -0.2) is 17.5 Å². The minimum atomic E-state index is 0.221. The summed E-state index contributed by atoms with van der Waals surface area (Å²) in [6, 6.07) is 0. The van der Waals surface area contributed by atoms with E-state index < -0.39 is 0 Å². The van der Waals surface area contributed by atoms with Crippen LogP contribution in [0.25, 0.3) is 0 Å². The van der Waals surface area contributed by atoms with Crippen molar-refractivity contribution in [3.05, 3.63) is 12.2 Å². The Labute approximate surface area is 112 Å². The van der Waals surface area contributed by atoms with Gasteiger partial charge in [-0.1, -0.05) is 57.9 Å². The summed E-state index contributed by atoms with van der Waals surface area (Å²) < 4.78 is 0. The van der Waals surface area contributed by atoms with Crippen molar-refractivity contribution in [3.8, 4) is 0 Å². The maximum Gasteiger partial charge on any atom is 0.157 e. The van der Waals surface area contributed by atoms with Crippen LogP contribution in [0.4, 0.5) is 0 Å². The molecule has 0 fully saturated rings. The first-order chi connectivity index (χ1) is 8.68. The van der Waals surface area contributed by atoms with Crippen LogP contribution in [0.3, 0.4) is 0 Å². The maximum absolute atomic E-state index is 11.3. The number of hydrogen-bond acceptors (Lipinski definition) is 2. The van der Waals surface area contributed by atoms with Gasteiger partial charge in [0.25, 0.3) is 0 Å². The molecule has 0 bridgehead atoms. The van der Waals surface area contributed by atoms with Crippen molar-refractivity contribution >= 4 is 5.78 Å². The van der Waals surface area contributed by atoms with E-state index in [9.17, 15) is 4.79 Å². The molecule has 1 N–H and O–H groups in total. The quantitative estimate of drug-likeness (QED) is 0.390. The number of aliphatic hydroxyl groups is 1. The van der Waals surface area contributed by atoms with Gasteiger partial charge in [0.1, 0.15) is 0 Å². The van der Waals surface area contributed by atoms with Crippen molar-refractivity contribution in [3.63, 3.8) is 0 Å². The van der Waals surface area contributed by atoms with Gasteiger partial charge in [-0.05, 0) is 25.3 Å². The summed E-state index contributed by atoms with van der Waals surface area (Å²) in [7, 11) is 0. The molecule has 0 heterocycles. The molecule has 0 aliphatic heterocycles. The fourth-order valence-electron chi connectivity index (χ4n) is 2.02. The molecule has 18 heavy (non-hydrogen) atoms. The summed E-state index contributed by atoms with van der Waals surface area (Å²) >= 11 is 0. The number of rotatable bonds is 13. The number of aliphatic hydroxyl groups excluding tert-OH is 1. The lowest BCUT2D eigenvalue weighted by Gasteiger charge is -2.02. The molecular weight excluding hydrogens is 224 g/mol. The van der Waals surface area contributed by atoms with E-state index in [0.29, 0.717) is 18.6 Å². The summed E-state index contributed by atoms with van der Waals surface area (Å²) in [5, 5.41) is 8.63. The molecule has 2 nitrogen and oxygen atoms in total. The van der Waals surface area contributed by atoms with Gasteiger partial charge < -0.3 is 5.11 Å². The highest BCUT2D eigenvalue weighted by atomic mass is 16.2. The van der Waals surface area contributed by atoms with Crippen LogP contribution in [0.2, 0.25) is 0 Å². The van der Waals surface area contributed by atoms with Crippen molar-refractivity contribution < 1.29 is 9.90 Å². The number of carbonyl (C=O) groups excluding carboxylic acids is 1. The lowest BCUT2D eigenvalue weighted by Crippen LogP contribution is -1.97. The molecule has 0 saturated carbocycles. The second-order valence-electron chi connectivity index (χ2n) is 5.21. The third kappa shape index (κ3) is 11.8. The molecule has 0 aromatic carbocycles. The molecule has 0 aromatic rings. The fourth-order valence-corrected chi connectivity index (χ4v) is 2.02. The third-order valence-corrected chi connectivity index (χ3v) is 3.29. The van der Waals surface area contributed by atoms with Crippen LogP contribution >= 0.6 is 0 Å². The van der Waals surface area contributed by atoms with Gasteiger partial charge in [-0.2, -0.15) is 0 Å². The smallest absolute Gasteiger partial charge is 0.157 e. The van der Waals surface area contributed by atoms with Gasteiger partial charge in [0.15, 0.2) is 5.78 Å². The number of unbranched alkanes of at least 4 members (excludes halogenated alkanes) is 9. The number of Topliss-reactive ketones (excluding diaryl/α,β-unsaturated/α-hetero) is 1. The van der Waals surface area contributed by atoms with Gasteiger partial charge >= 0.3 is 0 Å². The Kier molecular flexibility index (Phi) is 12.4. The van der Waals surface area contributed by atoms with Crippen LogP contribution in [0.5, 0.6) is 0 Å². The third-order valence-electron chi connectivity index (χ3n) is 3.29. The van der Waals surface area contributed by atoms with E-state index in [-0.39, 0.29) is 5.78 Å². The fraction of sp³-hybridized carbons (Fsp3) is 0.812. The average molecular weight is 254 g/mol. The Morgan fingerprint density at radius 1 is 0.833 bits per heavy atom. The van der Waals surface area contributed by atoms with Crippen LogP contribution in [0.15, 0.2) is 12.2 Å². The van der Waals surface area contributed by atoms with E-state index in [1.54, 1.807) is 6.92 Å². The average Bonchev–Trinajstić information content (AvgIpc) is 2.35. The number of ketones is 1. The molecule has 2 heteroatoms. The molecule has 0 radical (unpaired) electrons. The minimum absolute atomic E-state index is 0.221. The Morgan fingerprint density at radius 3 is 1.61 bits per heavy atom. The summed E-state index contributed by atoms with van der Waals surface area (Å²) in [6.07, 6.45) is 12.7. The molecule has 0 aliphatic rings. The molecule has 0 saturated heterocycles. The standard InChI is InChI=1S/C16H30O2/c1-15(2)16(18)13-11-9-7-5-3-4-6-8-10-12-14-17/h17H,1,3-14H2,2H3. The van der Waals surface area contributed by atoms with E-state index >= 15 is 0 Å². The predicted octanol–water partition coefficient (Wildman–Crippen LogP) is 4.42. The van der Waals surface area contributed by atoms with Gasteiger partial charge in [0, 0.05) is 13.0 Å². The Balaban J connectivity index is 3.07. The summed E-state index contributed by atoms with van der Waals surface area (Å²) in [5.41, 5.74) is 0.692. The monoisotopic (exact) mass is 254 g/mol. The van der Waals surface area contributed by atoms with Crippen LogP contribution in [0, 0.1) is 0 Å². The largest absolute Gasteiger partial charge is 0.396 e. The summed E-state index contributed by atoms with van der Waals surface area (Å²) in [4.78, 5) is 11.3. The van der Waals surface area contributed by atoms with E-state index in [1.807, 2.05) is 0 Å². The lowest BCUT2D eigenvalue weighted by molar-refractivity contribution is -0.115. The molecule has 106 valence electrons. The van der Waals surface area contributed by atoms with Crippen molar-refractivity contribution in [1.82, 2.24) is 0 Å². The van der Waals surface area contributed by atoms with Gasteiger partial charge in [0.05, 0.1) is 0 Å². The van der Waals surface area contributed by atoms with Crippen molar-refractivity contribution in [2.45, 2.75) is 77.6 Å². The molecule has 0 amide bonds. The zero-order chi connectivity index (χ0) is 13.6. The van der Waals surface area contributed by atoms with E-state index in [4.69, 9.17) is 5.11 Å². The van der Waals surface area contributed by atoms with Gasteiger partial charge in [-0.15, -0.1) is 0 Å². The lowest BCUT2D eigenvalue weighted by atomic mass is 10.0. The van der Waals surface area contributed by atoms with Crippen LogP contribution in [-0.2, 0) is 4.79 Å². The van der Waals surface area contributed by atoms with Gasteiger partial charge in [0.2, 0.25) is 0 Å². The second kappa shape index (κ2) is 12.8. The Morgan fingerprint density at radius 2 is 1.22 bits per heavy atom. The van der Waals surface area contributed by atoms with Gasteiger partial charge in [-0.3, -0.25) is 4.79 Å². The first kappa shape index (κ1) is 17.4. The SMILES string of the molecule is C=C(C)C(=O)CCCCCCCCCCCCO.